The number of nitrogens with zero attached hydrogens (tertiary/aromatic N) is 1. The standard InChI is InChI=1S/C12H11N3O2/c13-9-3-1-7(2-4-9)8-5-10(12(16)17)11(14)15-6-8/h1-6H,13H2,(H2,14,15)(H,16,17). The smallest absolute Gasteiger partial charge is 0.339 e. The Labute approximate surface area is 97.7 Å². The summed E-state index contributed by atoms with van der Waals surface area (Å²) < 4.78 is 0. The molecule has 0 saturated carbocycles. The quantitative estimate of drug-likeness (QED) is 0.679. The van der Waals surface area contributed by atoms with Gasteiger partial charge in [-0.3, -0.25) is 0 Å². The number of carbonyl (C=O) groups is 1. The van der Waals surface area contributed by atoms with Gasteiger partial charge in [0.15, 0.2) is 0 Å². The van der Waals surface area contributed by atoms with Crippen LogP contribution in [0.5, 0.6) is 0 Å². The summed E-state index contributed by atoms with van der Waals surface area (Å²) in [6.45, 7) is 0. The molecule has 1 heterocycles. The van der Waals surface area contributed by atoms with Crippen LogP contribution in [-0.4, -0.2) is 16.1 Å². The van der Waals surface area contributed by atoms with Crippen LogP contribution in [0, 0.1) is 0 Å². The number of carboxylic acid groups (broad SMARTS) is 1. The lowest BCUT2D eigenvalue weighted by Crippen LogP contribution is -2.04. The number of anilines is 2. The molecule has 0 aliphatic carbocycles. The fourth-order valence-corrected chi connectivity index (χ4v) is 1.48. The van der Waals surface area contributed by atoms with Crippen LogP contribution < -0.4 is 11.5 Å². The summed E-state index contributed by atoms with van der Waals surface area (Å²) in [7, 11) is 0. The zero-order valence-corrected chi connectivity index (χ0v) is 8.92. The summed E-state index contributed by atoms with van der Waals surface area (Å²) in [4.78, 5) is 14.8. The Kier molecular flexibility index (Phi) is 2.66. The first kappa shape index (κ1) is 10.9. The molecule has 0 amide bonds. The molecular weight excluding hydrogens is 218 g/mol. The van der Waals surface area contributed by atoms with Crippen molar-refractivity contribution < 1.29 is 9.90 Å². The van der Waals surface area contributed by atoms with Crippen molar-refractivity contribution in [1.29, 1.82) is 0 Å². The van der Waals surface area contributed by atoms with Crippen LogP contribution in [0.3, 0.4) is 0 Å². The molecule has 0 unspecified atom stereocenters. The van der Waals surface area contributed by atoms with E-state index in [1.165, 1.54) is 12.3 Å². The van der Waals surface area contributed by atoms with Gasteiger partial charge in [-0.2, -0.15) is 0 Å². The molecule has 0 radical (unpaired) electrons. The van der Waals surface area contributed by atoms with Crippen LogP contribution in [0.2, 0.25) is 0 Å². The average molecular weight is 229 g/mol. The molecule has 5 N–H and O–H groups in total. The van der Waals surface area contributed by atoms with E-state index in [0.717, 1.165) is 5.56 Å². The van der Waals surface area contributed by atoms with Gasteiger partial charge in [0.1, 0.15) is 11.4 Å². The molecule has 0 aliphatic rings. The van der Waals surface area contributed by atoms with Crippen molar-refractivity contribution in [3.63, 3.8) is 0 Å². The van der Waals surface area contributed by atoms with Crippen molar-refractivity contribution in [2.45, 2.75) is 0 Å². The Hall–Kier alpha value is -2.56. The molecule has 2 rings (SSSR count). The monoisotopic (exact) mass is 229 g/mol. The molecule has 5 heteroatoms. The van der Waals surface area contributed by atoms with Gasteiger partial charge in [0.05, 0.1) is 0 Å². The van der Waals surface area contributed by atoms with Gasteiger partial charge in [0.2, 0.25) is 0 Å². The van der Waals surface area contributed by atoms with Crippen molar-refractivity contribution in [2.24, 2.45) is 0 Å². The molecule has 86 valence electrons. The summed E-state index contributed by atoms with van der Waals surface area (Å²) in [5.41, 5.74) is 13.2. The van der Waals surface area contributed by atoms with E-state index in [4.69, 9.17) is 16.6 Å². The first-order chi connectivity index (χ1) is 8.08. The van der Waals surface area contributed by atoms with E-state index in [9.17, 15) is 4.79 Å². The second kappa shape index (κ2) is 4.13. The number of hydrogen-bond donors (Lipinski definition) is 3. The molecule has 0 spiro atoms. The van der Waals surface area contributed by atoms with Gasteiger partial charge < -0.3 is 16.6 Å². The Balaban J connectivity index is 2.50. The maximum atomic E-state index is 10.9. The Morgan fingerprint density at radius 1 is 1.12 bits per heavy atom. The minimum absolute atomic E-state index is 0.000625. The van der Waals surface area contributed by atoms with Gasteiger partial charge in [-0.25, -0.2) is 9.78 Å². The van der Waals surface area contributed by atoms with Gasteiger partial charge in [-0.1, -0.05) is 12.1 Å². The normalized spacial score (nSPS) is 10.1. The minimum atomic E-state index is -1.09. The zero-order chi connectivity index (χ0) is 12.4. The number of aromatic nitrogens is 1. The maximum absolute atomic E-state index is 10.9. The van der Waals surface area contributed by atoms with Crippen LogP contribution in [0.4, 0.5) is 11.5 Å². The topological polar surface area (TPSA) is 102 Å². The van der Waals surface area contributed by atoms with Crippen LogP contribution in [-0.2, 0) is 0 Å². The van der Waals surface area contributed by atoms with Crippen molar-refractivity contribution in [3.8, 4) is 11.1 Å². The molecule has 1 aromatic carbocycles. The molecule has 0 saturated heterocycles. The Morgan fingerprint density at radius 2 is 1.76 bits per heavy atom. The third-order valence-electron chi connectivity index (χ3n) is 2.39. The van der Waals surface area contributed by atoms with Gasteiger partial charge in [0.25, 0.3) is 0 Å². The Morgan fingerprint density at radius 3 is 2.35 bits per heavy atom. The van der Waals surface area contributed by atoms with E-state index < -0.39 is 5.97 Å². The van der Waals surface area contributed by atoms with E-state index in [1.54, 1.807) is 24.3 Å². The summed E-state index contributed by atoms with van der Waals surface area (Å²) in [6.07, 6.45) is 1.54. The Bertz CT molecular complexity index is 564. The first-order valence-electron chi connectivity index (χ1n) is 4.92. The first-order valence-corrected chi connectivity index (χ1v) is 4.92. The lowest BCUT2D eigenvalue weighted by Gasteiger charge is -2.05. The number of aromatic carboxylic acids is 1. The highest BCUT2D eigenvalue weighted by Crippen LogP contribution is 2.22. The van der Waals surface area contributed by atoms with Crippen molar-refractivity contribution in [3.05, 3.63) is 42.1 Å². The predicted octanol–water partition coefficient (Wildman–Crippen LogP) is 1.61. The highest BCUT2D eigenvalue weighted by Gasteiger charge is 2.10. The van der Waals surface area contributed by atoms with E-state index in [-0.39, 0.29) is 11.4 Å². The van der Waals surface area contributed by atoms with E-state index >= 15 is 0 Å². The minimum Gasteiger partial charge on any atom is -0.478 e. The lowest BCUT2D eigenvalue weighted by molar-refractivity contribution is 0.0698. The molecular formula is C12H11N3O2. The fourth-order valence-electron chi connectivity index (χ4n) is 1.48. The molecule has 0 fully saturated rings. The largest absolute Gasteiger partial charge is 0.478 e. The van der Waals surface area contributed by atoms with Crippen molar-refractivity contribution >= 4 is 17.5 Å². The van der Waals surface area contributed by atoms with Crippen LogP contribution >= 0.6 is 0 Å². The van der Waals surface area contributed by atoms with Gasteiger partial charge in [-0.05, 0) is 23.8 Å². The van der Waals surface area contributed by atoms with Crippen LogP contribution in [0.15, 0.2) is 36.5 Å². The van der Waals surface area contributed by atoms with Crippen LogP contribution in [0.25, 0.3) is 11.1 Å². The van der Waals surface area contributed by atoms with E-state index in [1.807, 2.05) is 0 Å². The second-order valence-corrected chi connectivity index (χ2v) is 3.58. The molecule has 5 nitrogen and oxygen atoms in total. The SMILES string of the molecule is Nc1ccc(-c2cnc(N)c(C(=O)O)c2)cc1. The third-order valence-corrected chi connectivity index (χ3v) is 2.39. The zero-order valence-electron chi connectivity index (χ0n) is 8.92. The number of nitrogens with two attached hydrogens (primary N) is 2. The summed E-state index contributed by atoms with van der Waals surface area (Å²) in [5, 5.41) is 8.94. The highest BCUT2D eigenvalue weighted by atomic mass is 16.4. The molecule has 2 aromatic rings. The van der Waals surface area contributed by atoms with Crippen molar-refractivity contribution in [1.82, 2.24) is 4.98 Å². The summed E-state index contributed by atoms with van der Waals surface area (Å²) >= 11 is 0. The van der Waals surface area contributed by atoms with Gasteiger partial charge in [0, 0.05) is 17.4 Å². The lowest BCUT2D eigenvalue weighted by atomic mass is 10.1. The van der Waals surface area contributed by atoms with E-state index in [0.29, 0.717) is 11.3 Å². The maximum Gasteiger partial charge on any atom is 0.339 e. The number of hydrogen-bond acceptors (Lipinski definition) is 4. The van der Waals surface area contributed by atoms with Crippen molar-refractivity contribution in [2.75, 3.05) is 11.5 Å². The molecule has 1 aromatic heterocycles. The summed E-state index contributed by atoms with van der Waals surface area (Å²) in [6, 6.07) is 8.58. The van der Waals surface area contributed by atoms with Crippen LogP contribution in [0.1, 0.15) is 10.4 Å². The fraction of sp³-hybridized carbons (Fsp3) is 0. The van der Waals surface area contributed by atoms with E-state index in [2.05, 4.69) is 4.98 Å². The molecule has 0 bridgehead atoms. The van der Waals surface area contributed by atoms with Gasteiger partial charge >= 0.3 is 5.97 Å². The van der Waals surface area contributed by atoms with Gasteiger partial charge in [-0.15, -0.1) is 0 Å². The number of nitrogen functional groups attached to an aromatic ring is 2. The number of carboxylic acids is 1. The number of rotatable bonds is 2. The molecule has 0 atom stereocenters. The number of pyridine rings is 1. The predicted molar refractivity (Wildman–Crippen MR) is 65.5 cm³/mol. The second-order valence-electron chi connectivity index (χ2n) is 3.58. The average Bonchev–Trinajstić information content (AvgIpc) is 2.30. The third kappa shape index (κ3) is 2.17. The molecule has 0 aliphatic heterocycles. The summed E-state index contributed by atoms with van der Waals surface area (Å²) in [5.74, 6) is -1.08. The molecule has 17 heavy (non-hydrogen) atoms. The highest BCUT2D eigenvalue weighted by molar-refractivity contribution is 5.94. The number of benzene rings is 1.